The van der Waals surface area contributed by atoms with Crippen molar-refractivity contribution in [1.82, 2.24) is 4.37 Å². The Balaban J connectivity index is 3.12. The summed E-state index contributed by atoms with van der Waals surface area (Å²) in [5.41, 5.74) is 1.37. The van der Waals surface area contributed by atoms with Gasteiger partial charge < -0.3 is 0 Å². The molecular formula is C9H13NS. The van der Waals surface area contributed by atoms with Crippen LogP contribution in [0.3, 0.4) is 0 Å². The van der Waals surface area contributed by atoms with Crippen molar-refractivity contribution in [2.24, 2.45) is 0 Å². The molecule has 0 atom stereocenters. The molecule has 11 heavy (non-hydrogen) atoms. The van der Waals surface area contributed by atoms with Crippen molar-refractivity contribution in [3.05, 3.63) is 23.2 Å². The van der Waals surface area contributed by atoms with Crippen LogP contribution in [0.15, 0.2) is 12.8 Å². The Labute approximate surface area is 71.9 Å². The van der Waals surface area contributed by atoms with Crippen LogP contribution >= 0.6 is 11.5 Å². The fourth-order valence-electron chi connectivity index (χ4n) is 0.963. The van der Waals surface area contributed by atoms with Gasteiger partial charge in [0.15, 0.2) is 0 Å². The minimum absolute atomic E-state index is 0.199. The van der Waals surface area contributed by atoms with Crippen LogP contribution < -0.4 is 0 Å². The zero-order valence-electron chi connectivity index (χ0n) is 7.22. The number of aromatic nitrogens is 1. The summed E-state index contributed by atoms with van der Waals surface area (Å²) in [5, 5.41) is 0. The van der Waals surface area contributed by atoms with Gasteiger partial charge in [-0.25, -0.2) is 4.37 Å². The standard InChI is InChI=1S/C9H13NS/c1-5-7-6-10-11-8(7)9(2,3)4/h5-6H,1H2,2-4H3. The average molecular weight is 167 g/mol. The van der Waals surface area contributed by atoms with Gasteiger partial charge >= 0.3 is 0 Å². The van der Waals surface area contributed by atoms with Crippen LogP contribution in [-0.2, 0) is 5.41 Å². The SMILES string of the molecule is C=Cc1cnsc1C(C)(C)C. The molecule has 0 saturated carbocycles. The zero-order valence-corrected chi connectivity index (χ0v) is 8.03. The Bertz CT molecular complexity index is 255. The Morgan fingerprint density at radius 2 is 2.18 bits per heavy atom. The van der Waals surface area contributed by atoms with Crippen molar-refractivity contribution in [2.45, 2.75) is 26.2 Å². The van der Waals surface area contributed by atoms with Crippen molar-refractivity contribution in [2.75, 3.05) is 0 Å². The van der Waals surface area contributed by atoms with E-state index >= 15 is 0 Å². The quantitative estimate of drug-likeness (QED) is 0.626. The summed E-state index contributed by atoms with van der Waals surface area (Å²) in [6.07, 6.45) is 3.74. The summed E-state index contributed by atoms with van der Waals surface area (Å²) in [7, 11) is 0. The third-order valence-corrected chi connectivity index (χ3v) is 2.74. The van der Waals surface area contributed by atoms with Gasteiger partial charge in [0.2, 0.25) is 0 Å². The molecule has 0 aliphatic heterocycles. The van der Waals surface area contributed by atoms with Gasteiger partial charge in [-0.1, -0.05) is 33.4 Å². The fourth-order valence-corrected chi connectivity index (χ4v) is 1.75. The molecule has 0 amide bonds. The second-order valence-corrected chi connectivity index (χ2v) is 4.37. The molecule has 1 nitrogen and oxygen atoms in total. The van der Waals surface area contributed by atoms with Crippen LogP contribution in [-0.4, -0.2) is 4.37 Å². The third-order valence-electron chi connectivity index (χ3n) is 1.50. The maximum atomic E-state index is 4.13. The topological polar surface area (TPSA) is 12.9 Å². The number of nitrogens with zero attached hydrogens (tertiary/aromatic N) is 1. The lowest BCUT2D eigenvalue weighted by molar-refractivity contribution is 0.603. The molecule has 1 aromatic heterocycles. The number of rotatable bonds is 1. The second kappa shape index (κ2) is 2.78. The van der Waals surface area contributed by atoms with E-state index in [0.717, 1.165) is 0 Å². The van der Waals surface area contributed by atoms with Gasteiger partial charge in [0.25, 0.3) is 0 Å². The molecule has 0 fully saturated rings. The van der Waals surface area contributed by atoms with E-state index in [-0.39, 0.29) is 5.41 Å². The van der Waals surface area contributed by atoms with E-state index in [2.05, 4.69) is 31.7 Å². The molecule has 60 valence electrons. The van der Waals surface area contributed by atoms with Crippen molar-refractivity contribution >= 4 is 17.6 Å². The third kappa shape index (κ3) is 1.69. The summed E-state index contributed by atoms with van der Waals surface area (Å²) < 4.78 is 4.13. The monoisotopic (exact) mass is 167 g/mol. The van der Waals surface area contributed by atoms with Crippen LogP contribution in [0.4, 0.5) is 0 Å². The Morgan fingerprint density at radius 3 is 2.55 bits per heavy atom. The molecule has 0 N–H and O–H groups in total. The molecule has 0 aliphatic rings. The highest BCUT2D eigenvalue weighted by Gasteiger charge is 2.18. The molecular weight excluding hydrogens is 154 g/mol. The molecule has 0 aliphatic carbocycles. The van der Waals surface area contributed by atoms with E-state index < -0.39 is 0 Å². The van der Waals surface area contributed by atoms with Gasteiger partial charge in [0.1, 0.15) is 0 Å². The molecule has 0 unspecified atom stereocenters. The van der Waals surface area contributed by atoms with Crippen LogP contribution in [0.5, 0.6) is 0 Å². The Kier molecular flexibility index (Phi) is 2.14. The van der Waals surface area contributed by atoms with Crippen molar-refractivity contribution < 1.29 is 0 Å². The molecule has 0 saturated heterocycles. The van der Waals surface area contributed by atoms with Gasteiger partial charge in [-0.2, -0.15) is 0 Å². The van der Waals surface area contributed by atoms with E-state index in [1.54, 1.807) is 11.5 Å². The van der Waals surface area contributed by atoms with Crippen LogP contribution in [0.2, 0.25) is 0 Å². The first kappa shape index (κ1) is 8.47. The second-order valence-electron chi connectivity index (χ2n) is 3.56. The first-order valence-electron chi connectivity index (χ1n) is 3.63. The minimum Gasteiger partial charge on any atom is -0.200 e. The molecule has 0 spiro atoms. The lowest BCUT2D eigenvalue weighted by atomic mass is 9.92. The number of hydrogen-bond acceptors (Lipinski definition) is 2. The van der Waals surface area contributed by atoms with Crippen LogP contribution in [0.1, 0.15) is 31.2 Å². The largest absolute Gasteiger partial charge is 0.200 e. The van der Waals surface area contributed by atoms with E-state index in [1.165, 1.54) is 10.4 Å². The van der Waals surface area contributed by atoms with Crippen LogP contribution in [0.25, 0.3) is 6.08 Å². The van der Waals surface area contributed by atoms with Gasteiger partial charge in [0, 0.05) is 16.6 Å². The van der Waals surface area contributed by atoms with E-state index in [9.17, 15) is 0 Å². The molecule has 0 aromatic carbocycles. The molecule has 2 heteroatoms. The Morgan fingerprint density at radius 1 is 1.55 bits per heavy atom. The summed E-state index contributed by atoms with van der Waals surface area (Å²) in [6.45, 7) is 10.3. The van der Waals surface area contributed by atoms with E-state index in [4.69, 9.17) is 0 Å². The molecule has 1 heterocycles. The molecule has 0 bridgehead atoms. The summed E-state index contributed by atoms with van der Waals surface area (Å²) in [6, 6.07) is 0. The Hall–Kier alpha value is -0.630. The molecule has 1 aromatic rings. The normalized spacial score (nSPS) is 11.5. The van der Waals surface area contributed by atoms with Crippen molar-refractivity contribution in [3.8, 4) is 0 Å². The minimum atomic E-state index is 0.199. The first-order valence-corrected chi connectivity index (χ1v) is 4.40. The number of hydrogen-bond donors (Lipinski definition) is 0. The van der Waals surface area contributed by atoms with Gasteiger partial charge in [0.05, 0.1) is 0 Å². The van der Waals surface area contributed by atoms with Gasteiger partial charge in [-0.05, 0) is 16.9 Å². The zero-order chi connectivity index (χ0) is 8.48. The van der Waals surface area contributed by atoms with E-state index in [1.807, 2.05) is 12.3 Å². The maximum absolute atomic E-state index is 4.13. The van der Waals surface area contributed by atoms with Crippen LogP contribution in [0, 0.1) is 0 Å². The predicted molar refractivity (Wildman–Crippen MR) is 50.9 cm³/mol. The van der Waals surface area contributed by atoms with E-state index in [0.29, 0.717) is 0 Å². The molecule has 1 rings (SSSR count). The lowest BCUT2D eigenvalue weighted by Crippen LogP contribution is -2.09. The van der Waals surface area contributed by atoms with Gasteiger partial charge in [-0.15, -0.1) is 0 Å². The summed E-state index contributed by atoms with van der Waals surface area (Å²) in [4.78, 5) is 1.31. The maximum Gasteiger partial charge on any atom is 0.0482 e. The molecule has 0 radical (unpaired) electrons. The highest BCUT2D eigenvalue weighted by molar-refractivity contribution is 7.06. The first-order chi connectivity index (χ1) is 5.05. The summed E-state index contributed by atoms with van der Waals surface area (Å²) >= 11 is 1.56. The van der Waals surface area contributed by atoms with Crippen molar-refractivity contribution in [3.63, 3.8) is 0 Å². The predicted octanol–water partition coefficient (Wildman–Crippen LogP) is 3.08. The highest BCUT2D eigenvalue weighted by Crippen LogP contribution is 2.29. The smallest absolute Gasteiger partial charge is 0.0482 e. The van der Waals surface area contributed by atoms with Crippen molar-refractivity contribution in [1.29, 1.82) is 0 Å². The highest BCUT2D eigenvalue weighted by atomic mass is 32.1. The lowest BCUT2D eigenvalue weighted by Gasteiger charge is -2.16. The van der Waals surface area contributed by atoms with Gasteiger partial charge in [-0.3, -0.25) is 0 Å². The summed E-state index contributed by atoms with van der Waals surface area (Å²) in [5.74, 6) is 0. The average Bonchev–Trinajstić information content (AvgIpc) is 2.31. The fraction of sp³-hybridized carbons (Fsp3) is 0.444.